The Morgan fingerprint density at radius 1 is 1.29 bits per heavy atom. The molecule has 0 radical (unpaired) electrons. The minimum absolute atomic E-state index is 0.0328. The predicted molar refractivity (Wildman–Crippen MR) is 50.4 cm³/mol. The highest BCUT2D eigenvalue weighted by Crippen LogP contribution is 1.94. The van der Waals surface area contributed by atoms with Gasteiger partial charge in [0.2, 0.25) is 0 Å². The van der Waals surface area contributed by atoms with E-state index in [2.05, 4.69) is 9.97 Å². The summed E-state index contributed by atoms with van der Waals surface area (Å²) >= 11 is 0. The van der Waals surface area contributed by atoms with Crippen molar-refractivity contribution in [2.75, 3.05) is 0 Å². The zero-order chi connectivity index (χ0) is 10.3. The summed E-state index contributed by atoms with van der Waals surface area (Å²) in [6.07, 6.45) is 1.39. The molecule has 0 saturated heterocycles. The molecular weight excluding hydrogens is 186 g/mol. The van der Waals surface area contributed by atoms with Crippen molar-refractivity contribution in [1.29, 1.82) is 0 Å². The number of fused-ring (bicyclic) bond motifs is 1. The first kappa shape index (κ1) is 8.49. The molecule has 0 fully saturated rings. The summed E-state index contributed by atoms with van der Waals surface area (Å²) in [5, 5.41) is -0.0328. The van der Waals surface area contributed by atoms with E-state index in [1.54, 1.807) is 0 Å². The third kappa shape index (κ3) is 1.00. The molecule has 2 aromatic rings. The van der Waals surface area contributed by atoms with E-state index in [1.807, 2.05) is 0 Å². The number of hydrogen-bond acceptors (Lipinski definition) is 3. The standard InChI is InChI=1S/C8H7N3O3/c1-11-6-5(4(12)2-3-9-6)7(13)10-8(11)14/h2-3H,1H3,(H,9,12)(H,10,13,14). The van der Waals surface area contributed by atoms with Gasteiger partial charge in [-0.3, -0.25) is 19.1 Å². The summed E-state index contributed by atoms with van der Waals surface area (Å²) in [5.41, 5.74) is -1.39. The van der Waals surface area contributed by atoms with Crippen LogP contribution in [-0.4, -0.2) is 14.5 Å². The largest absolute Gasteiger partial charge is 0.347 e. The van der Waals surface area contributed by atoms with Crippen LogP contribution in [-0.2, 0) is 7.05 Å². The van der Waals surface area contributed by atoms with E-state index in [9.17, 15) is 14.4 Å². The molecule has 72 valence electrons. The fraction of sp³-hybridized carbons (Fsp3) is 0.125. The van der Waals surface area contributed by atoms with Crippen LogP contribution in [0.2, 0.25) is 0 Å². The van der Waals surface area contributed by atoms with Gasteiger partial charge in [-0.25, -0.2) is 4.79 Å². The Morgan fingerprint density at radius 3 is 2.71 bits per heavy atom. The predicted octanol–water partition coefficient (Wildman–Crippen LogP) is -1.08. The van der Waals surface area contributed by atoms with Gasteiger partial charge in [0.15, 0.2) is 5.43 Å². The van der Waals surface area contributed by atoms with Crippen molar-refractivity contribution in [1.82, 2.24) is 14.5 Å². The minimum atomic E-state index is -0.662. The molecule has 6 heteroatoms. The highest BCUT2D eigenvalue weighted by atomic mass is 16.2. The van der Waals surface area contributed by atoms with Gasteiger partial charge < -0.3 is 4.98 Å². The van der Waals surface area contributed by atoms with Crippen molar-refractivity contribution in [3.63, 3.8) is 0 Å². The summed E-state index contributed by atoms with van der Waals surface area (Å²) < 4.78 is 1.18. The van der Waals surface area contributed by atoms with Gasteiger partial charge in [0.1, 0.15) is 11.0 Å². The summed E-state index contributed by atoms with van der Waals surface area (Å²) in [6, 6.07) is 1.24. The molecule has 0 aliphatic rings. The van der Waals surface area contributed by atoms with Crippen molar-refractivity contribution in [2.24, 2.45) is 7.05 Å². The second-order valence-corrected chi connectivity index (χ2v) is 2.88. The van der Waals surface area contributed by atoms with Crippen molar-refractivity contribution >= 4 is 11.0 Å². The lowest BCUT2D eigenvalue weighted by Gasteiger charge is -2.00. The van der Waals surface area contributed by atoms with Crippen LogP contribution < -0.4 is 16.7 Å². The van der Waals surface area contributed by atoms with E-state index in [4.69, 9.17) is 0 Å². The summed E-state index contributed by atoms with van der Waals surface area (Å²) in [4.78, 5) is 38.5. The van der Waals surface area contributed by atoms with E-state index in [1.165, 1.54) is 23.9 Å². The van der Waals surface area contributed by atoms with Crippen molar-refractivity contribution in [3.8, 4) is 0 Å². The average molecular weight is 193 g/mol. The van der Waals surface area contributed by atoms with Crippen LogP contribution in [0.1, 0.15) is 0 Å². The van der Waals surface area contributed by atoms with Crippen molar-refractivity contribution in [3.05, 3.63) is 43.3 Å². The maximum Gasteiger partial charge on any atom is 0.329 e. The summed E-state index contributed by atoms with van der Waals surface area (Å²) in [6.45, 7) is 0. The number of nitrogens with one attached hydrogen (secondary N) is 2. The van der Waals surface area contributed by atoms with Crippen molar-refractivity contribution in [2.45, 2.75) is 0 Å². The van der Waals surface area contributed by atoms with Crippen LogP contribution in [0.5, 0.6) is 0 Å². The van der Waals surface area contributed by atoms with E-state index in [0.717, 1.165) is 0 Å². The molecule has 2 aromatic heterocycles. The molecule has 0 atom stereocenters. The van der Waals surface area contributed by atoms with Gasteiger partial charge >= 0.3 is 5.69 Å². The molecule has 0 spiro atoms. The van der Waals surface area contributed by atoms with Gasteiger partial charge in [-0.1, -0.05) is 0 Å². The van der Waals surface area contributed by atoms with Gasteiger partial charge in [0.25, 0.3) is 5.56 Å². The third-order valence-electron chi connectivity index (χ3n) is 2.03. The van der Waals surface area contributed by atoms with E-state index < -0.39 is 16.7 Å². The quantitative estimate of drug-likeness (QED) is 0.557. The molecule has 6 nitrogen and oxygen atoms in total. The fourth-order valence-electron chi connectivity index (χ4n) is 1.30. The van der Waals surface area contributed by atoms with Crippen LogP contribution in [0.3, 0.4) is 0 Å². The number of aromatic amines is 2. The SMILES string of the molecule is Cn1c(=O)[nH]c(=O)c2c(=O)cc[nH]c21. The number of aromatic nitrogens is 3. The molecule has 0 aromatic carbocycles. The molecule has 0 amide bonds. The lowest BCUT2D eigenvalue weighted by molar-refractivity contribution is 0.828. The number of H-pyrrole nitrogens is 2. The van der Waals surface area contributed by atoms with Crippen LogP contribution >= 0.6 is 0 Å². The first-order chi connectivity index (χ1) is 6.61. The molecule has 2 heterocycles. The molecule has 0 bridgehead atoms. The smallest absolute Gasteiger partial charge is 0.329 e. The highest BCUT2D eigenvalue weighted by Gasteiger charge is 2.06. The Kier molecular flexibility index (Phi) is 1.63. The Balaban J connectivity index is 3.27. The molecular formula is C8H7N3O3. The number of aryl methyl sites for hydroxylation is 1. The zero-order valence-corrected chi connectivity index (χ0v) is 7.33. The highest BCUT2D eigenvalue weighted by molar-refractivity contribution is 5.72. The lowest BCUT2D eigenvalue weighted by atomic mass is 10.3. The van der Waals surface area contributed by atoms with Crippen LogP contribution in [0.15, 0.2) is 26.6 Å². The second-order valence-electron chi connectivity index (χ2n) is 2.88. The summed E-state index contributed by atoms with van der Waals surface area (Å²) in [7, 11) is 1.47. The maximum atomic E-state index is 11.3. The Hall–Kier alpha value is -2.11. The molecule has 14 heavy (non-hydrogen) atoms. The second kappa shape index (κ2) is 2.69. The van der Waals surface area contributed by atoms with Crippen LogP contribution in [0.25, 0.3) is 11.0 Å². The van der Waals surface area contributed by atoms with Crippen molar-refractivity contribution < 1.29 is 0 Å². The summed E-state index contributed by atoms with van der Waals surface area (Å²) in [5.74, 6) is 0. The maximum absolute atomic E-state index is 11.3. The number of hydrogen-bond donors (Lipinski definition) is 2. The minimum Gasteiger partial charge on any atom is -0.347 e. The molecule has 2 rings (SSSR count). The Morgan fingerprint density at radius 2 is 2.00 bits per heavy atom. The normalized spacial score (nSPS) is 10.6. The van der Waals surface area contributed by atoms with E-state index in [0.29, 0.717) is 0 Å². The molecule has 2 N–H and O–H groups in total. The monoisotopic (exact) mass is 193 g/mol. The molecule has 0 aliphatic heterocycles. The van der Waals surface area contributed by atoms with Crippen LogP contribution in [0.4, 0.5) is 0 Å². The van der Waals surface area contributed by atoms with E-state index >= 15 is 0 Å². The van der Waals surface area contributed by atoms with Crippen LogP contribution in [0, 0.1) is 0 Å². The first-order valence-electron chi connectivity index (χ1n) is 3.92. The van der Waals surface area contributed by atoms with Gasteiger partial charge in [-0.05, 0) is 0 Å². The van der Waals surface area contributed by atoms with Gasteiger partial charge in [0, 0.05) is 19.3 Å². The number of rotatable bonds is 0. The first-order valence-corrected chi connectivity index (χ1v) is 3.92. The van der Waals surface area contributed by atoms with Gasteiger partial charge in [0.05, 0.1) is 0 Å². The Bertz CT molecular complexity index is 662. The average Bonchev–Trinajstić information content (AvgIpc) is 2.14. The third-order valence-corrected chi connectivity index (χ3v) is 2.03. The molecule has 0 unspecified atom stereocenters. The zero-order valence-electron chi connectivity index (χ0n) is 7.33. The Labute approximate surface area is 76.8 Å². The molecule has 0 saturated carbocycles. The van der Waals surface area contributed by atoms with Gasteiger partial charge in [-0.15, -0.1) is 0 Å². The lowest BCUT2D eigenvalue weighted by Crippen LogP contribution is -2.31. The van der Waals surface area contributed by atoms with Gasteiger partial charge in [-0.2, -0.15) is 0 Å². The molecule has 0 aliphatic carbocycles. The number of nitrogens with zero attached hydrogens (tertiary/aromatic N) is 1. The fourth-order valence-corrected chi connectivity index (χ4v) is 1.30. The topological polar surface area (TPSA) is 87.7 Å². The van der Waals surface area contributed by atoms with E-state index in [-0.39, 0.29) is 11.0 Å². The number of pyridine rings is 1.